The maximum atomic E-state index is 14.0. The molecular weight excluding hydrogens is 423 g/mol. The van der Waals surface area contributed by atoms with E-state index in [2.05, 4.69) is 10.3 Å². The first-order valence-electron chi connectivity index (χ1n) is 10.5. The van der Waals surface area contributed by atoms with Gasteiger partial charge in [0.05, 0.1) is 11.4 Å². The summed E-state index contributed by atoms with van der Waals surface area (Å²) in [5.41, 5.74) is 0.974. The van der Waals surface area contributed by atoms with Crippen LogP contribution in [0.4, 0.5) is 4.39 Å². The average Bonchev–Trinajstić information content (AvgIpc) is 3.29. The molecule has 2 aliphatic rings. The van der Waals surface area contributed by atoms with Crippen LogP contribution in [0.5, 0.6) is 0 Å². The van der Waals surface area contributed by atoms with E-state index in [0.29, 0.717) is 43.7 Å². The van der Waals surface area contributed by atoms with E-state index in [4.69, 9.17) is 0 Å². The van der Waals surface area contributed by atoms with E-state index >= 15 is 0 Å². The van der Waals surface area contributed by atoms with E-state index < -0.39 is 11.4 Å². The van der Waals surface area contributed by atoms with Crippen molar-refractivity contribution in [2.75, 3.05) is 32.7 Å². The molecule has 31 heavy (non-hydrogen) atoms. The smallest absolute Gasteiger partial charge is 0.259 e. The second kappa shape index (κ2) is 9.78. The molecule has 1 aromatic heterocycles. The van der Waals surface area contributed by atoms with Crippen LogP contribution in [0.15, 0.2) is 23.0 Å². The molecule has 0 bridgehead atoms. The number of piperazine rings is 1. The predicted molar refractivity (Wildman–Crippen MR) is 119 cm³/mol. The summed E-state index contributed by atoms with van der Waals surface area (Å²) < 4.78 is 14.0. The number of nitrogens with one attached hydrogen (secondary N) is 2. The summed E-state index contributed by atoms with van der Waals surface area (Å²) in [5, 5.41) is 3.86. The van der Waals surface area contributed by atoms with Gasteiger partial charge in [-0.2, -0.15) is 0 Å². The summed E-state index contributed by atoms with van der Waals surface area (Å²) in [6.07, 6.45) is 2.54. The van der Waals surface area contributed by atoms with Crippen LogP contribution in [0.3, 0.4) is 0 Å². The lowest BCUT2D eigenvalue weighted by molar-refractivity contribution is -0.140. The molecule has 2 aromatic rings. The number of H-pyrrole nitrogens is 1. The van der Waals surface area contributed by atoms with Gasteiger partial charge in [-0.1, -0.05) is 6.07 Å². The van der Waals surface area contributed by atoms with Crippen LogP contribution < -0.4 is 10.9 Å². The molecule has 1 aromatic carbocycles. The molecule has 2 aliphatic heterocycles. The monoisotopic (exact) mass is 450 g/mol. The number of pyridine rings is 1. The fourth-order valence-electron chi connectivity index (χ4n) is 4.36. The highest BCUT2D eigenvalue weighted by Crippen LogP contribution is 2.19. The zero-order chi connectivity index (χ0) is 21.3. The van der Waals surface area contributed by atoms with Crippen molar-refractivity contribution < 1.29 is 14.0 Å². The van der Waals surface area contributed by atoms with Crippen molar-refractivity contribution in [2.24, 2.45) is 0 Å². The minimum atomic E-state index is -0.542. The Bertz CT molecular complexity index is 1030. The summed E-state index contributed by atoms with van der Waals surface area (Å²) in [5.74, 6) is -0.409. The lowest BCUT2D eigenvalue weighted by Crippen LogP contribution is -2.54. The number of hydrogen-bond donors (Lipinski definition) is 2. The Morgan fingerprint density at radius 2 is 1.87 bits per heavy atom. The summed E-state index contributed by atoms with van der Waals surface area (Å²) in [6.45, 7) is 4.86. The van der Waals surface area contributed by atoms with Crippen molar-refractivity contribution in [3.63, 3.8) is 0 Å². The molecule has 7 nitrogen and oxygen atoms in total. The number of carbonyl (C=O) groups excluding carboxylic acids is 2. The largest absolute Gasteiger partial charge is 0.339 e. The van der Waals surface area contributed by atoms with Crippen molar-refractivity contribution in [2.45, 2.75) is 38.6 Å². The molecule has 4 rings (SSSR count). The van der Waals surface area contributed by atoms with Gasteiger partial charge in [-0.05, 0) is 55.8 Å². The lowest BCUT2D eigenvalue weighted by Gasteiger charge is -2.36. The van der Waals surface area contributed by atoms with Crippen LogP contribution >= 0.6 is 12.4 Å². The fraction of sp³-hybridized carbons (Fsp3) is 0.500. The van der Waals surface area contributed by atoms with E-state index in [0.717, 1.165) is 24.9 Å². The number of carbonyl (C=O) groups is 2. The quantitative estimate of drug-likeness (QED) is 0.743. The Balaban J connectivity index is 0.00000272. The Labute approximate surface area is 186 Å². The fourth-order valence-corrected chi connectivity index (χ4v) is 4.36. The first-order chi connectivity index (χ1) is 14.4. The SMILES string of the molecule is Cc1ccc(F)c2c(=O)[nH]c(CCC(=O)N3CCN(C(=O)[C@@H]4CCCN4)CC3)cc12.Cl. The molecule has 3 heterocycles. The number of aryl methyl sites for hydroxylation is 2. The number of aromatic amines is 1. The van der Waals surface area contributed by atoms with Crippen LogP contribution in [0.25, 0.3) is 10.8 Å². The first kappa shape index (κ1) is 23.2. The lowest BCUT2D eigenvalue weighted by atomic mass is 10.0. The highest BCUT2D eigenvalue weighted by atomic mass is 35.5. The van der Waals surface area contributed by atoms with Crippen molar-refractivity contribution in [3.05, 3.63) is 45.6 Å². The zero-order valence-electron chi connectivity index (χ0n) is 17.6. The van der Waals surface area contributed by atoms with E-state index in [1.165, 1.54) is 6.07 Å². The third kappa shape index (κ3) is 4.91. The van der Waals surface area contributed by atoms with E-state index in [-0.39, 0.29) is 42.1 Å². The van der Waals surface area contributed by atoms with Gasteiger partial charge in [0.2, 0.25) is 11.8 Å². The number of fused-ring (bicyclic) bond motifs is 1. The molecule has 2 saturated heterocycles. The van der Waals surface area contributed by atoms with E-state index in [1.807, 2.05) is 11.8 Å². The van der Waals surface area contributed by atoms with Gasteiger partial charge in [-0.25, -0.2) is 4.39 Å². The van der Waals surface area contributed by atoms with Crippen LogP contribution in [0.2, 0.25) is 0 Å². The molecule has 2 N–H and O–H groups in total. The molecule has 168 valence electrons. The number of halogens is 2. The molecule has 2 amide bonds. The first-order valence-corrected chi connectivity index (χ1v) is 10.5. The third-order valence-corrected chi connectivity index (χ3v) is 6.14. The van der Waals surface area contributed by atoms with Gasteiger partial charge in [0.15, 0.2) is 0 Å². The molecule has 2 fully saturated rings. The maximum Gasteiger partial charge on any atom is 0.259 e. The summed E-state index contributed by atoms with van der Waals surface area (Å²) >= 11 is 0. The molecule has 0 radical (unpaired) electrons. The maximum absolute atomic E-state index is 14.0. The second-order valence-electron chi connectivity index (χ2n) is 8.13. The molecule has 0 spiro atoms. The van der Waals surface area contributed by atoms with E-state index in [1.54, 1.807) is 17.0 Å². The summed E-state index contributed by atoms with van der Waals surface area (Å²) in [7, 11) is 0. The van der Waals surface area contributed by atoms with E-state index in [9.17, 15) is 18.8 Å². The minimum absolute atomic E-state index is 0. The van der Waals surface area contributed by atoms with Gasteiger partial charge >= 0.3 is 0 Å². The van der Waals surface area contributed by atoms with Gasteiger partial charge in [-0.15, -0.1) is 12.4 Å². The van der Waals surface area contributed by atoms with Crippen LogP contribution in [-0.2, 0) is 16.0 Å². The van der Waals surface area contributed by atoms with Crippen LogP contribution in [0, 0.1) is 12.7 Å². The van der Waals surface area contributed by atoms with Crippen molar-refractivity contribution in [1.82, 2.24) is 20.1 Å². The third-order valence-electron chi connectivity index (χ3n) is 6.14. The molecule has 1 atom stereocenters. The highest BCUT2D eigenvalue weighted by Gasteiger charge is 2.30. The van der Waals surface area contributed by atoms with Crippen LogP contribution in [-0.4, -0.2) is 65.4 Å². The van der Waals surface area contributed by atoms with Gasteiger partial charge in [0.1, 0.15) is 5.82 Å². The molecular formula is C22H28ClFN4O3. The van der Waals surface area contributed by atoms with Crippen molar-refractivity contribution in [3.8, 4) is 0 Å². The van der Waals surface area contributed by atoms with Crippen LogP contribution in [0.1, 0.15) is 30.5 Å². The predicted octanol–water partition coefficient (Wildman–Crippen LogP) is 1.75. The number of hydrogen-bond acceptors (Lipinski definition) is 4. The molecule has 0 unspecified atom stereocenters. The summed E-state index contributed by atoms with van der Waals surface area (Å²) in [6, 6.07) is 4.62. The topological polar surface area (TPSA) is 85.5 Å². The number of rotatable bonds is 4. The molecule has 0 aliphatic carbocycles. The highest BCUT2D eigenvalue weighted by molar-refractivity contribution is 5.86. The van der Waals surface area contributed by atoms with Crippen molar-refractivity contribution >= 4 is 35.0 Å². The Morgan fingerprint density at radius 1 is 1.16 bits per heavy atom. The second-order valence-corrected chi connectivity index (χ2v) is 8.13. The number of nitrogens with zero attached hydrogens (tertiary/aromatic N) is 2. The minimum Gasteiger partial charge on any atom is -0.339 e. The number of amides is 2. The van der Waals surface area contributed by atoms with Gasteiger partial charge in [0.25, 0.3) is 5.56 Å². The Morgan fingerprint density at radius 3 is 2.55 bits per heavy atom. The van der Waals surface area contributed by atoms with Gasteiger partial charge in [0, 0.05) is 38.3 Å². The Hall–Kier alpha value is -2.45. The number of benzene rings is 1. The van der Waals surface area contributed by atoms with Gasteiger partial charge in [-0.3, -0.25) is 14.4 Å². The molecule has 9 heteroatoms. The molecule has 0 saturated carbocycles. The van der Waals surface area contributed by atoms with Crippen molar-refractivity contribution in [1.29, 1.82) is 0 Å². The average molecular weight is 451 g/mol. The zero-order valence-corrected chi connectivity index (χ0v) is 18.4. The number of aromatic nitrogens is 1. The van der Waals surface area contributed by atoms with Gasteiger partial charge < -0.3 is 20.1 Å². The standard InChI is InChI=1S/C22H27FN4O3.ClH/c1-14-4-6-17(23)20-16(14)13-15(25-21(20)29)5-7-19(28)26-9-11-27(12-10-26)22(30)18-3-2-8-24-18;/h4,6,13,18,24H,2-3,5,7-12H2,1H3,(H,25,29);1H/t18-;/m0./s1. The summed E-state index contributed by atoms with van der Waals surface area (Å²) in [4.78, 5) is 43.7. The Kier molecular flexibility index (Phi) is 7.33. The normalized spacial score (nSPS) is 18.8.